The molecule has 8 nitrogen and oxygen atoms in total. The molecule has 1 aromatic carbocycles. The minimum Gasteiger partial charge on any atom is -0.410 e. The average molecular weight is 505 g/mol. The number of benzene rings is 1. The molecule has 0 saturated carbocycles. The van der Waals surface area contributed by atoms with Gasteiger partial charge in [0.05, 0.1) is 26.4 Å². The van der Waals surface area contributed by atoms with Crippen LogP contribution in [0.15, 0.2) is 59.3 Å². The summed E-state index contributed by atoms with van der Waals surface area (Å²) in [5, 5.41) is 9.31. The highest BCUT2D eigenvalue weighted by Crippen LogP contribution is 2.19. The molecular weight excluding hydrogens is 476 g/mol. The Labute approximate surface area is 206 Å². The van der Waals surface area contributed by atoms with E-state index in [1.807, 2.05) is 22.9 Å². The molecule has 3 rings (SSSR count). The Bertz CT molecular complexity index is 904. The van der Waals surface area contributed by atoms with Gasteiger partial charge in [-0.3, -0.25) is 0 Å². The fourth-order valence-corrected chi connectivity index (χ4v) is 4.18. The van der Waals surface area contributed by atoms with Crippen molar-refractivity contribution in [1.29, 1.82) is 0 Å². The first kappa shape index (κ1) is 25.7. The molecule has 2 amide bonds. The highest BCUT2D eigenvalue weighted by atomic mass is 32.1. The highest BCUT2D eigenvalue weighted by Gasteiger charge is 2.08. The minimum absolute atomic E-state index is 0.262. The summed E-state index contributed by atoms with van der Waals surface area (Å²) >= 11 is 3.39. The van der Waals surface area contributed by atoms with Gasteiger partial charge < -0.3 is 29.6 Å². The predicted octanol–water partition coefficient (Wildman–Crippen LogP) is 4.51. The van der Waals surface area contributed by atoms with E-state index in [-0.39, 0.29) is 11.5 Å². The van der Waals surface area contributed by atoms with E-state index in [2.05, 4.69) is 22.8 Å². The van der Waals surface area contributed by atoms with Gasteiger partial charge in [-0.25, -0.2) is 9.59 Å². The molecule has 0 aliphatic carbocycles. The van der Waals surface area contributed by atoms with E-state index < -0.39 is 12.2 Å². The van der Waals surface area contributed by atoms with Crippen LogP contribution < -0.4 is 20.1 Å². The van der Waals surface area contributed by atoms with Crippen LogP contribution in [-0.2, 0) is 22.3 Å². The molecule has 0 spiro atoms. The smallest absolute Gasteiger partial charge is 0.410 e. The first-order valence-corrected chi connectivity index (χ1v) is 12.7. The van der Waals surface area contributed by atoms with Crippen LogP contribution in [0.25, 0.3) is 0 Å². The molecule has 0 aliphatic heterocycles. The molecule has 0 unspecified atom stereocenters. The summed E-state index contributed by atoms with van der Waals surface area (Å²) < 4.78 is 21.5. The molecule has 10 heteroatoms. The Balaban J connectivity index is 1.24. The van der Waals surface area contributed by atoms with Crippen molar-refractivity contribution in [2.75, 3.05) is 39.5 Å². The van der Waals surface area contributed by atoms with Gasteiger partial charge in [0, 0.05) is 41.8 Å². The zero-order chi connectivity index (χ0) is 23.8. The molecule has 2 heterocycles. The Morgan fingerprint density at radius 2 is 1.18 bits per heavy atom. The summed E-state index contributed by atoms with van der Waals surface area (Å²) in [6, 6.07) is 14.4. The van der Waals surface area contributed by atoms with Crippen molar-refractivity contribution in [3.63, 3.8) is 0 Å². The molecule has 34 heavy (non-hydrogen) atoms. The fourth-order valence-electron chi connectivity index (χ4n) is 2.80. The van der Waals surface area contributed by atoms with Gasteiger partial charge in [-0.15, -0.1) is 22.7 Å². The molecule has 182 valence electrons. The quantitative estimate of drug-likeness (QED) is 0.314. The van der Waals surface area contributed by atoms with Gasteiger partial charge in [-0.1, -0.05) is 18.2 Å². The lowest BCUT2D eigenvalue weighted by molar-refractivity contribution is 0.136. The summed E-state index contributed by atoms with van der Waals surface area (Å²) in [6.07, 6.45) is 0.488. The zero-order valence-corrected chi connectivity index (χ0v) is 20.3. The van der Waals surface area contributed by atoms with Crippen molar-refractivity contribution >= 4 is 34.9 Å². The van der Waals surface area contributed by atoms with E-state index in [4.69, 9.17) is 18.9 Å². The van der Waals surface area contributed by atoms with Gasteiger partial charge in [0.1, 0.15) is 11.5 Å². The molecule has 0 atom stereocenters. The van der Waals surface area contributed by atoms with E-state index >= 15 is 0 Å². The van der Waals surface area contributed by atoms with Crippen LogP contribution in [0.4, 0.5) is 9.59 Å². The van der Waals surface area contributed by atoms with Crippen LogP contribution in [0.2, 0.25) is 0 Å². The van der Waals surface area contributed by atoms with Crippen LogP contribution in [-0.4, -0.2) is 51.7 Å². The van der Waals surface area contributed by atoms with Crippen molar-refractivity contribution in [3.8, 4) is 11.5 Å². The summed E-state index contributed by atoms with van der Waals surface area (Å²) in [5.41, 5.74) is 0. The average Bonchev–Trinajstić information content (AvgIpc) is 3.53. The number of carbonyl (C=O) groups excluding carboxylic acids is 2. The van der Waals surface area contributed by atoms with Gasteiger partial charge in [0.25, 0.3) is 0 Å². The lowest BCUT2D eigenvalue weighted by Crippen LogP contribution is -2.30. The van der Waals surface area contributed by atoms with Gasteiger partial charge in [-0.2, -0.15) is 0 Å². The highest BCUT2D eigenvalue weighted by molar-refractivity contribution is 7.10. The van der Waals surface area contributed by atoms with Crippen molar-refractivity contribution in [3.05, 3.63) is 69.0 Å². The minimum atomic E-state index is -0.608. The zero-order valence-electron chi connectivity index (χ0n) is 18.7. The first-order chi connectivity index (χ1) is 16.7. The van der Waals surface area contributed by atoms with E-state index in [9.17, 15) is 9.59 Å². The molecule has 0 radical (unpaired) electrons. The third-order valence-corrected chi connectivity index (χ3v) is 6.28. The predicted molar refractivity (Wildman–Crippen MR) is 132 cm³/mol. The van der Waals surface area contributed by atoms with E-state index in [1.54, 1.807) is 40.9 Å². The maximum Gasteiger partial charge on any atom is 0.412 e. The van der Waals surface area contributed by atoms with Crippen LogP contribution in [0.1, 0.15) is 9.75 Å². The first-order valence-electron chi connectivity index (χ1n) is 10.9. The Kier molecular flexibility index (Phi) is 11.4. The second kappa shape index (κ2) is 15.1. The summed E-state index contributed by atoms with van der Waals surface area (Å²) in [5.74, 6) is 0.525. The van der Waals surface area contributed by atoms with Gasteiger partial charge >= 0.3 is 12.2 Å². The molecule has 0 saturated heterocycles. The third-order valence-electron chi connectivity index (χ3n) is 4.40. The normalized spacial score (nSPS) is 10.6. The summed E-state index contributed by atoms with van der Waals surface area (Å²) in [6.45, 7) is 2.64. The van der Waals surface area contributed by atoms with Crippen LogP contribution in [0, 0.1) is 0 Å². The number of rotatable bonds is 14. The molecular formula is C24H28N2O6S2. The van der Waals surface area contributed by atoms with Crippen LogP contribution in [0.5, 0.6) is 11.5 Å². The lowest BCUT2D eigenvalue weighted by atomic mass is 10.3. The van der Waals surface area contributed by atoms with Gasteiger partial charge in [-0.05, 0) is 35.0 Å². The number of thiophene rings is 2. The SMILES string of the molecule is O=C(NCCOCCc1cccs1)Oc1cccc(OC(=O)NCCOCCc2cccs2)c1. The second-order valence-corrected chi connectivity index (χ2v) is 9.06. The van der Waals surface area contributed by atoms with Crippen molar-refractivity contribution < 1.29 is 28.5 Å². The topological polar surface area (TPSA) is 95.1 Å². The summed E-state index contributed by atoms with van der Waals surface area (Å²) in [7, 11) is 0. The molecule has 0 bridgehead atoms. The number of carbonyl (C=O) groups is 2. The number of nitrogens with one attached hydrogen (secondary N) is 2. The molecule has 2 aromatic heterocycles. The number of amides is 2. The molecule has 0 aliphatic rings. The van der Waals surface area contributed by atoms with Gasteiger partial charge in [0.2, 0.25) is 0 Å². The third kappa shape index (κ3) is 10.3. The lowest BCUT2D eigenvalue weighted by Gasteiger charge is -2.10. The van der Waals surface area contributed by atoms with Gasteiger partial charge in [0.15, 0.2) is 0 Å². The number of hydrogen-bond donors (Lipinski definition) is 2. The molecule has 3 aromatic rings. The van der Waals surface area contributed by atoms with Crippen LogP contribution in [0.3, 0.4) is 0 Å². The van der Waals surface area contributed by atoms with Crippen molar-refractivity contribution in [1.82, 2.24) is 10.6 Å². The standard InChI is InChI=1S/C24H28N2O6S2/c27-23(25-10-14-29-12-8-21-6-2-16-33-21)31-19-4-1-5-20(18-19)32-24(28)26-11-15-30-13-9-22-7-3-17-34-22/h1-7,16-18H,8-15H2,(H,25,27)(H,26,28). The van der Waals surface area contributed by atoms with E-state index in [0.717, 1.165) is 12.8 Å². The maximum absolute atomic E-state index is 11.9. The Morgan fingerprint density at radius 1 is 0.676 bits per heavy atom. The van der Waals surface area contributed by atoms with E-state index in [1.165, 1.54) is 15.8 Å². The number of ether oxygens (including phenoxy) is 4. The molecule has 2 N–H and O–H groups in total. The second-order valence-electron chi connectivity index (χ2n) is 6.99. The molecule has 0 fully saturated rings. The summed E-state index contributed by atoms with van der Waals surface area (Å²) in [4.78, 5) is 26.4. The fraction of sp³-hybridized carbons (Fsp3) is 0.333. The largest absolute Gasteiger partial charge is 0.412 e. The van der Waals surface area contributed by atoms with E-state index in [0.29, 0.717) is 39.5 Å². The monoisotopic (exact) mass is 504 g/mol. The van der Waals surface area contributed by atoms with Crippen LogP contribution >= 0.6 is 22.7 Å². The number of hydrogen-bond acceptors (Lipinski definition) is 8. The Hall–Kier alpha value is -2.92. The maximum atomic E-state index is 11.9. The van der Waals surface area contributed by atoms with Crippen molar-refractivity contribution in [2.24, 2.45) is 0 Å². The van der Waals surface area contributed by atoms with Crippen molar-refractivity contribution in [2.45, 2.75) is 12.8 Å². The Morgan fingerprint density at radius 3 is 1.62 bits per heavy atom.